The zero-order chi connectivity index (χ0) is 20.3. The Morgan fingerprint density at radius 3 is 2.54 bits per heavy atom. The Kier molecular flexibility index (Phi) is 5.96. The maximum atomic E-state index is 13.5. The largest absolute Gasteiger partial charge is 0.308 e. The van der Waals surface area contributed by atoms with Crippen LogP contribution in [0, 0.1) is 15.9 Å². The summed E-state index contributed by atoms with van der Waals surface area (Å²) in [4.78, 5) is 31.3. The Balaban J connectivity index is 1.85. The quantitative estimate of drug-likeness (QED) is 0.447. The highest BCUT2D eigenvalue weighted by molar-refractivity contribution is 7.22. The zero-order valence-corrected chi connectivity index (χ0v) is 16.3. The number of nitro groups is 1. The van der Waals surface area contributed by atoms with Crippen LogP contribution in [0.1, 0.15) is 5.56 Å². The van der Waals surface area contributed by atoms with Gasteiger partial charge in [0.25, 0.3) is 5.69 Å². The number of hydrogen-bond donors (Lipinski definition) is 0. The molecule has 3 rings (SSSR count). The minimum atomic E-state index is -0.477. The van der Waals surface area contributed by atoms with Crippen molar-refractivity contribution in [3.63, 3.8) is 0 Å². The number of carbonyl (C=O) groups excluding carboxylic acids is 1. The highest BCUT2D eigenvalue weighted by Crippen LogP contribution is 2.30. The summed E-state index contributed by atoms with van der Waals surface area (Å²) < 4.78 is 14.2. The number of fused-ring (bicyclic) bond motifs is 1. The van der Waals surface area contributed by atoms with Gasteiger partial charge < -0.3 is 4.90 Å². The van der Waals surface area contributed by atoms with E-state index in [4.69, 9.17) is 0 Å². The number of non-ortho nitro benzene ring substituents is 1. The van der Waals surface area contributed by atoms with Crippen LogP contribution < -0.4 is 4.90 Å². The number of rotatable bonds is 7. The van der Waals surface area contributed by atoms with E-state index in [1.807, 2.05) is 19.0 Å². The molecule has 1 amide bonds. The molecule has 0 atom stereocenters. The van der Waals surface area contributed by atoms with E-state index in [1.165, 1.54) is 35.6 Å². The van der Waals surface area contributed by atoms with Gasteiger partial charge in [-0.05, 0) is 37.9 Å². The standard InChI is InChI=1S/C19H19FN4O3S/c1-22(2)9-10-23(19-21-16-8-5-14(20)12-17(16)28-19)18(25)11-13-3-6-15(7-4-13)24(26)27/h3-8,12H,9-11H2,1-2H3. The normalized spacial score (nSPS) is 11.1. The molecule has 0 N–H and O–H groups in total. The number of hydrogen-bond acceptors (Lipinski definition) is 6. The number of thiazole rings is 1. The van der Waals surface area contributed by atoms with Gasteiger partial charge in [-0.1, -0.05) is 23.5 Å². The predicted octanol–water partition coefficient (Wildman–Crippen LogP) is 3.48. The second-order valence-electron chi connectivity index (χ2n) is 6.56. The zero-order valence-electron chi connectivity index (χ0n) is 15.5. The third kappa shape index (κ3) is 4.68. The smallest absolute Gasteiger partial charge is 0.269 e. The number of aromatic nitrogens is 1. The highest BCUT2D eigenvalue weighted by Gasteiger charge is 2.20. The Bertz CT molecular complexity index is 1000. The Morgan fingerprint density at radius 1 is 1.18 bits per heavy atom. The van der Waals surface area contributed by atoms with Crippen LogP contribution in [0.4, 0.5) is 15.2 Å². The van der Waals surface area contributed by atoms with Crippen LogP contribution in [0.2, 0.25) is 0 Å². The van der Waals surface area contributed by atoms with E-state index < -0.39 is 4.92 Å². The molecule has 0 aliphatic rings. The van der Waals surface area contributed by atoms with Crippen LogP contribution in [0.5, 0.6) is 0 Å². The molecule has 1 heterocycles. The van der Waals surface area contributed by atoms with Crippen molar-refractivity contribution < 1.29 is 14.1 Å². The van der Waals surface area contributed by atoms with Gasteiger partial charge in [0.2, 0.25) is 5.91 Å². The van der Waals surface area contributed by atoms with Crippen molar-refractivity contribution in [2.45, 2.75) is 6.42 Å². The van der Waals surface area contributed by atoms with Crippen molar-refractivity contribution in [2.75, 3.05) is 32.1 Å². The lowest BCUT2D eigenvalue weighted by Crippen LogP contribution is -2.37. The second kappa shape index (κ2) is 8.41. The molecule has 0 unspecified atom stereocenters. The second-order valence-corrected chi connectivity index (χ2v) is 7.57. The summed E-state index contributed by atoms with van der Waals surface area (Å²) in [5, 5.41) is 11.3. The van der Waals surface area contributed by atoms with E-state index in [-0.39, 0.29) is 23.8 Å². The molecular weight excluding hydrogens is 383 g/mol. The van der Waals surface area contributed by atoms with E-state index in [0.29, 0.717) is 34.0 Å². The summed E-state index contributed by atoms with van der Waals surface area (Å²) >= 11 is 1.26. The third-order valence-electron chi connectivity index (χ3n) is 4.14. The fraction of sp³-hybridized carbons (Fsp3) is 0.263. The van der Waals surface area contributed by atoms with E-state index in [2.05, 4.69) is 4.98 Å². The molecule has 7 nitrogen and oxygen atoms in total. The number of anilines is 1. The molecule has 2 aromatic carbocycles. The van der Waals surface area contributed by atoms with Gasteiger partial charge in [-0.3, -0.25) is 19.8 Å². The fourth-order valence-electron chi connectivity index (χ4n) is 2.63. The van der Waals surface area contributed by atoms with Gasteiger partial charge in [0.05, 0.1) is 21.6 Å². The van der Waals surface area contributed by atoms with Gasteiger partial charge in [-0.15, -0.1) is 0 Å². The first-order chi connectivity index (χ1) is 13.3. The van der Waals surface area contributed by atoms with Crippen molar-refractivity contribution in [2.24, 2.45) is 0 Å². The molecule has 0 spiro atoms. The van der Waals surface area contributed by atoms with E-state index in [9.17, 15) is 19.3 Å². The number of amides is 1. The van der Waals surface area contributed by atoms with Gasteiger partial charge in [0.15, 0.2) is 5.13 Å². The third-order valence-corrected chi connectivity index (χ3v) is 5.19. The average Bonchev–Trinajstić information content (AvgIpc) is 3.04. The minimum Gasteiger partial charge on any atom is -0.308 e. The van der Waals surface area contributed by atoms with Gasteiger partial charge >= 0.3 is 0 Å². The molecule has 28 heavy (non-hydrogen) atoms. The van der Waals surface area contributed by atoms with Crippen molar-refractivity contribution in [1.82, 2.24) is 9.88 Å². The van der Waals surface area contributed by atoms with Crippen LogP contribution in [-0.4, -0.2) is 47.9 Å². The molecule has 0 bridgehead atoms. The highest BCUT2D eigenvalue weighted by atomic mass is 32.1. The lowest BCUT2D eigenvalue weighted by atomic mass is 10.1. The lowest BCUT2D eigenvalue weighted by Gasteiger charge is -2.22. The Hall–Kier alpha value is -2.91. The van der Waals surface area contributed by atoms with Crippen LogP contribution in [0.25, 0.3) is 10.2 Å². The van der Waals surface area contributed by atoms with Crippen molar-refractivity contribution in [1.29, 1.82) is 0 Å². The number of nitrogens with zero attached hydrogens (tertiary/aromatic N) is 4. The van der Waals surface area contributed by atoms with Crippen molar-refractivity contribution in [3.05, 3.63) is 64.0 Å². The number of carbonyl (C=O) groups is 1. The first-order valence-electron chi connectivity index (χ1n) is 8.58. The Morgan fingerprint density at radius 2 is 1.89 bits per heavy atom. The number of nitro benzene ring substituents is 1. The topological polar surface area (TPSA) is 79.6 Å². The molecule has 3 aromatic rings. The summed E-state index contributed by atoms with van der Waals surface area (Å²) in [7, 11) is 3.82. The maximum absolute atomic E-state index is 13.5. The summed E-state index contributed by atoms with van der Waals surface area (Å²) in [6.07, 6.45) is 0.0930. The van der Waals surface area contributed by atoms with Gasteiger partial charge in [0, 0.05) is 25.2 Å². The first kappa shape index (κ1) is 19.8. The summed E-state index contributed by atoms with van der Waals surface area (Å²) in [6, 6.07) is 10.3. The summed E-state index contributed by atoms with van der Waals surface area (Å²) in [5.41, 5.74) is 1.30. The van der Waals surface area contributed by atoms with Crippen molar-refractivity contribution >= 4 is 38.3 Å². The molecule has 0 aliphatic heterocycles. The molecule has 9 heteroatoms. The maximum Gasteiger partial charge on any atom is 0.269 e. The molecule has 0 saturated heterocycles. The number of benzene rings is 2. The van der Waals surface area contributed by atoms with Crippen LogP contribution in [0.15, 0.2) is 42.5 Å². The van der Waals surface area contributed by atoms with Gasteiger partial charge in [-0.25, -0.2) is 9.37 Å². The van der Waals surface area contributed by atoms with Gasteiger partial charge in [0.1, 0.15) is 5.82 Å². The summed E-state index contributed by atoms with van der Waals surface area (Å²) in [6.45, 7) is 1.07. The van der Waals surface area contributed by atoms with E-state index in [1.54, 1.807) is 23.1 Å². The molecular formula is C19H19FN4O3S. The first-order valence-corrected chi connectivity index (χ1v) is 9.39. The minimum absolute atomic E-state index is 0.0196. The SMILES string of the molecule is CN(C)CCN(C(=O)Cc1ccc([N+](=O)[O-])cc1)c1nc2ccc(F)cc2s1. The van der Waals surface area contributed by atoms with Crippen LogP contribution in [0.3, 0.4) is 0 Å². The molecule has 0 saturated carbocycles. The Labute approximate surface area is 165 Å². The fourth-order valence-corrected chi connectivity index (χ4v) is 3.67. The molecule has 0 aliphatic carbocycles. The average molecular weight is 402 g/mol. The van der Waals surface area contributed by atoms with E-state index >= 15 is 0 Å². The van der Waals surface area contributed by atoms with Crippen molar-refractivity contribution in [3.8, 4) is 0 Å². The molecule has 146 valence electrons. The lowest BCUT2D eigenvalue weighted by molar-refractivity contribution is -0.384. The summed E-state index contributed by atoms with van der Waals surface area (Å²) in [5.74, 6) is -0.519. The predicted molar refractivity (Wildman–Crippen MR) is 107 cm³/mol. The molecule has 0 radical (unpaired) electrons. The monoisotopic (exact) mass is 402 g/mol. The van der Waals surface area contributed by atoms with Crippen LogP contribution >= 0.6 is 11.3 Å². The molecule has 1 aromatic heterocycles. The van der Waals surface area contributed by atoms with Crippen LogP contribution in [-0.2, 0) is 11.2 Å². The van der Waals surface area contributed by atoms with Gasteiger partial charge in [-0.2, -0.15) is 0 Å². The molecule has 0 fully saturated rings. The number of halogens is 1. The number of likely N-dealkylation sites (N-methyl/N-ethyl adjacent to an activating group) is 1. The van der Waals surface area contributed by atoms with E-state index in [0.717, 1.165) is 0 Å².